The number of benzene rings is 1. The zero-order valence-corrected chi connectivity index (χ0v) is 12.2. The maximum Gasteiger partial charge on any atom is 0.0500 e. The fraction of sp³-hybridized carbons (Fsp3) is 0.571. The minimum absolute atomic E-state index is 0.274. The summed E-state index contributed by atoms with van der Waals surface area (Å²) in [4.78, 5) is 2.52. The van der Waals surface area contributed by atoms with Crippen molar-refractivity contribution >= 4 is 15.9 Å². The lowest BCUT2D eigenvalue weighted by Gasteiger charge is -2.27. The van der Waals surface area contributed by atoms with Gasteiger partial charge in [0.25, 0.3) is 0 Å². The van der Waals surface area contributed by atoms with E-state index in [0.29, 0.717) is 6.04 Å². The molecule has 2 N–H and O–H groups in total. The van der Waals surface area contributed by atoms with E-state index in [1.165, 1.54) is 22.0 Å². The van der Waals surface area contributed by atoms with E-state index in [1.54, 1.807) is 0 Å². The average molecular weight is 297 g/mol. The molecule has 0 radical (unpaired) electrons. The summed E-state index contributed by atoms with van der Waals surface area (Å²) in [6.07, 6.45) is 2.30. The van der Waals surface area contributed by atoms with Crippen molar-refractivity contribution in [3.05, 3.63) is 33.8 Å². The molecule has 3 heteroatoms. The Labute approximate surface area is 112 Å². The third kappa shape index (κ3) is 2.72. The SMILES string of the molecule is CCCN1CCC(N)C1c1ccc(C)c(Br)c1. The molecule has 2 atom stereocenters. The molecule has 0 bridgehead atoms. The Bertz CT molecular complexity index is 390. The predicted molar refractivity (Wildman–Crippen MR) is 76.1 cm³/mol. The second-order valence-corrected chi connectivity index (χ2v) is 5.80. The number of rotatable bonds is 3. The smallest absolute Gasteiger partial charge is 0.0500 e. The molecule has 1 heterocycles. The van der Waals surface area contributed by atoms with Gasteiger partial charge in [0.05, 0.1) is 0 Å². The van der Waals surface area contributed by atoms with Gasteiger partial charge in [-0.1, -0.05) is 35.0 Å². The summed E-state index contributed by atoms with van der Waals surface area (Å²) < 4.78 is 1.19. The summed E-state index contributed by atoms with van der Waals surface area (Å²) in [6.45, 7) is 6.62. The number of likely N-dealkylation sites (tertiary alicyclic amines) is 1. The molecule has 0 saturated carbocycles. The summed E-state index contributed by atoms with van der Waals surface area (Å²) in [5, 5.41) is 0. The number of nitrogens with zero attached hydrogens (tertiary/aromatic N) is 1. The summed E-state index contributed by atoms with van der Waals surface area (Å²) in [6, 6.07) is 7.30. The van der Waals surface area contributed by atoms with E-state index in [-0.39, 0.29) is 6.04 Å². The molecule has 2 unspecified atom stereocenters. The summed E-state index contributed by atoms with van der Waals surface area (Å²) in [7, 11) is 0. The van der Waals surface area contributed by atoms with E-state index in [4.69, 9.17) is 5.73 Å². The molecule has 0 spiro atoms. The standard InChI is InChI=1S/C14H21BrN2/c1-3-7-17-8-6-13(16)14(17)11-5-4-10(2)12(15)9-11/h4-5,9,13-14H,3,6-8,16H2,1-2H3. The second kappa shape index (κ2) is 5.51. The van der Waals surface area contributed by atoms with Crippen molar-refractivity contribution in [1.82, 2.24) is 4.90 Å². The Morgan fingerprint density at radius 1 is 1.47 bits per heavy atom. The maximum absolute atomic E-state index is 6.26. The van der Waals surface area contributed by atoms with Crippen molar-refractivity contribution in [2.75, 3.05) is 13.1 Å². The van der Waals surface area contributed by atoms with Crippen LogP contribution in [0.1, 0.15) is 36.9 Å². The van der Waals surface area contributed by atoms with E-state index in [0.717, 1.165) is 19.5 Å². The highest BCUT2D eigenvalue weighted by molar-refractivity contribution is 9.10. The van der Waals surface area contributed by atoms with Crippen LogP contribution >= 0.6 is 15.9 Å². The Kier molecular flexibility index (Phi) is 4.23. The zero-order chi connectivity index (χ0) is 12.4. The van der Waals surface area contributed by atoms with Crippen molar-refractivity contribution < 1.29 is 0 Å². The molecule has 1 saturated heterocycles. The molecular weight excluding hydrogens is 276 g/mol. The minimum atomic E-state index is 0.274. The van der Waals surface area contributed by atoms with Gasteiger partial charge in [-0.15, -0.1) is 0 Å². The van der Waals surface area contributed by atoms with Gasteiger partial charge in [0, 0.05) is 23.1 Å². The molecule has 1 fully saturated rings. The lowest BCUT2D eigenvalue weighted by Crippen LogP contribution is -2.32. The molecule has 1 aliphatic rings. The van der Waals surface area contributed by atoms with Crippen LogP contribution in [-0.2, 0) is 0 Å². The fourth-order valence-electron chi connectivity index (χ4n) is 2.67. The maximum atomic E-state index is 6.26. The minimum Gasteiger partial charge on any atom is -0.326 e. The first-order valence-electron chi connectivity index (χ1n) is 6.39. The molecule has 1 aromatic rings. The highest BCUT2D eigenvalue weighted by atomic mass is 79.9. The molecular formula is C14H21BrN2. The number of nitrogens with two attached hydrogens (primary N) is 1. The molecule has 94 valence electrons. The van der Waals surface area contributed by atoms with Crippen molar-refractivity contribution in [2.45, 2.75) is 38.8 Å². The first-order chi connectivity index (χ1) is 8.13. The third-order valence-electron chi connectivity index (χ3n) is 3.60. The van der Waals surface area contributed by atoms with Crippen molar-refractivity contribution in [1.29, 1.82) is 0 Å². The van der Waals surface area contributed by atoms with Crippen LogP contribution < -0.4 is 5.73 Å². The van der Waals surface area contributed by atoms with Crippen LogP contribution in [0, 0.1) is 6.92 Å². The van der Waals surface area contributed by atoms with Gasteiger partial charge in [0.2, 0.25) is 0 Å². The van der Waals surface area contributed by atoms with Crippen LogP contribution in [0.4, 0.5) is 0 Å². The van der Waals surface area contributed by atoms with Crippen LogP contribution in [0.5, 0.6) is 0 Å². The van der Waals surface area contributed by atoms with Crippen LogP contribution in [0.2, 0.25) is 0 Å². The van der Waals surface area contributed by atoms with E-state index in [2.05, 4.69) is 52.9 Å². The zero-order valence-electron chi connectivity index (χ0n) is 10.6. The molecule has 0 aliphatic carbocycles. The lowest BCUT2D eigenvalue weighted by atomic mass is 9.99. The summed E-state index contributed by atoms with van der Waals surface area (Å²) in [5.41, 5.74) is 8.89. The molecule has 17 heavy (non-hydrogen) atoms. The number of halogens is 1. The Balaban J connectivity index is 2.26. The first kappa shape index (κ1) is 13.1. The van der Waals surface area contributed by atoms with E-state index >= 15 is 0 Å². The van der Waals surface area contributed by atoms with E-state index < -0.39 is 0 Å². The molecule has 0 amide bonds. The number of hydrogen-bond acceptors (Lipinski definition) is 2. The topological polar surface area (TPSA) is 29.3 Å². The van der Waals surface area contributed by atoms with Crippen LogP contribution in [0.3, 0.4) is 0 Å². The van der Waals surface area contributed by atoms with Gasteiger partial charge >= 0.3 is 0 Å². The number of hydrogen-bond donors (Lipinski definition) is 1. The fourth-order valence-corrected chi connectivity index (χ4v) is 3.07. The first-order valence-corrected chi connectivity index (χ1v) is 7.18. The van der Waals surface area contributed by atoms with Gasteiger partial charge in [-0.05, 0) is 43.5 Å². The normalized spacial score (nSPS) is 25.4. The van der Waals surface area contributed by atoms with Crippen LogP contribution in [0.25, 0.3) is 0 Å². The van der Waals surface area contributed by atoms with Crippen molar-refractivity contribution in [2.24, 2.45) is 5.73 Å². The van der Waals surface area contributed by atoms with Gasteiger partial charge < -0.3 is 5.73 Å². The molecule has 1 aromatic carbocycles. The second-order valence-electron chi connectivity index (χ2n) is 4.94. The molecule has 1 aliphatic heterocycles. The highest BCUT2D eigenvalue weighted by Crippen LogP contribution is 2.33. The monoisotopic (exact) mass is 296 g/mol. The largest absolute Gasteiger partial charge is 0.326 e. The van der Waals surface area contributed by atoms with Crippen LogP contribution in [-0.4, -0.2) is 24.0 Å². The van der Waals surface area contributed by atoms with Crippen molar-refractivity contribution in [3.63, 3.8) is 0 Å². The summed E-state index contributed by atoms with van der Waals surface area (Å²) in [5.74, 6) is 0. The highest BCUT2D eigenvalue weighted by Gasteiger charge is 2.32. The summed E-state index contributed by atoms with van der Waals surface area (Å²) >= 11 is 3.61. The van der Waals surface area contributed by atoms with Gasteiger partial charge in [0.1, 0.15) is 0 Å². The van der Waals surface area contributed by atoms with E-state index in [1.807, 2.05) is 0 Å². The Morgan fingerprint density at radius 2 is 2.24 bits per heavy atom. The van der Waals surface area contributed by atoms with Gasteiger partial charge in [-0.2, -0.15) is 0 Å². The predicted octanol–water partition coefficient (Wildman–Crippen LogP) is 3.24. The molecule has 0 aromatic heterocycles. The average Bonchev–Trinajstić information content (AvgIpc) is 2.65. The van der Waals surface area contributed by atoms with Gasteiger partial charge in [0.15, 0.2) is 0 Å². The van der Waals surface area contributed by atoms with Crippen molar-refractivity contribution in [3.8, 4) is 0 Å². The molecule has 2 rings (SSSR count). The van der Waals surface area contributed by atoms with E-state index in [9.17, 15) is 0 Å². The number of aryl methyl sites for hydroxylation is 1. The van der Waals surface area contributed by atoms with Gasteiger partial charge in [-0.25, -0.2) is 0 Å². The molecule has 2 nitrogen and oxygen atoms in total. The van der Waals surface area contributed by atoms with Gasteiger partial charge in [-0.3, -0.25) is 4.90 Å². The van der Waals surface area contributed by atoms with Crippen LogP contribution in [0.15, 0.2) is 22.7 Å². The Morgan fingerprint density at radius 3 is 2.88 bits per heavy atom. The third-order valence-corrected chi connectivity index (χ3v) is 4.45. The Hall–Kier alpha value is -0.380. The lowest BCUT2D eigenvalue weighted by molar-refractivity contribution is 0.248. The quantitative estimate of drug-likeness (QED) is 0.928.